The Morgan fingerprint density at radius 3 is 2.37 bits per heavy atom. The Balaban J connectivity index is 1.48. The predicted molar refractivity (Wildman–Crippen MR) is 153 cm³/mol. The van der Waals surface area contributed by atoms with Crippen molar-refractivity contribution >= 4 is 38.8 Å². The van der Waals surface area contributed by atoms with E-state index in [1.165, 1.54) is 38.4 Å². The van der Waals surface area contributed by atoms with E-state index < -0.39 is 15.1 Å². The van der Waals surface area contributed by atoms with Crippen molar-refractivity contribution in [2.45, 2.75) is 63.0 Å². The molecule has 0 saturated carbocycles. The minimum absolute atomic E-state index is 0.205. The number of aromatic nitrogens is 3. The van der Waals surface area contributed by atoms with Crippen molar-refractivity contribution in [3.8, 4) is 5.75 Å². The maximum atomic E-state index is 12.8. The van der Waals surface area contributed by atoms with Crippen LogP contribution in [-0.4, -0.2) is 48.8 Å². The maximum absolute atomic E-state index is 12.8. The van der Waals surface area contributed by atoms with E-state index >= 15 is 0 Å². The second-order valence-electron chi connectivity index (χ2n) is 9.93. The monoisotopic (exact) mass is 538 g/mol. The minimum Gasteiger partial charge on any atom is -0.494 e. The normalized spacial score (nSPS) is 14.5. The Morgan fingerprint density at radius 2 is 1.71 bits per heavy atom. The topological polar surface area (TPSA) is 109 Å². The van der Waals surface area contributed by atoms with Gasteiger partial charge in [-0.15, -0.1) is 0 Å². The van der Waals surface area contributed by atoms with Gasteiger partial charge in [0, 0.05) is 24.8 Å². The molecule has 204 valence electrons. The molecule has 2 N–H and O–H groups in total. The highest BCUT2D eigenvalue weighted by molar-refractivity contribution is 7.92. The average Bonchev–Trinajstić information content (AvgIpc) is 2.93. The van der Waals surface area contributed by atoms with E-state index in [4.69, 9.17) is 4.74 Å². The van der Waals surface area contributed by atoms with Crippen LogP contribution in [0.25, 0.3) is 0 Å². The standard InChI is InChI=1S/C28H38N6O3S/c1-5-6-9-21-14-16-34(17-15-21)22-12-13-23(25(18-22)37-4)31-27-29-19-30-28(33-27)32-24-10-7-8-11-26(24)38(35,36)20(2)3/h7-8,10-13,18-21H,5-6,9,14-17H2,1-4H3,(H2,29,30,31,32,33). The number of nitrogens with one attached hydrogen (secondary N) is 2. The largest absolute Gasteiger partial charge is 0.494 e. The minimum atomic E-state index is -3.49. The summed E-state index contributed by atoms with van der Waals surface area (Å²) in [6.07, 6.45) is 7.74. The molecule has 1 aliphatic rings. The van der Waals surface area contributed by atoms with E-state index in [2.05, 4.69) is 43.5 Å². The third-order valence-electron chi connectivity index (χ3n) is 7.01. The molecule has 4 rings (SSSR count). The highest BCUT2D eigenvalue weighted by atomic mass is 32.2. The molecule has 2 heterocycles. The highest BCUT2D eigenvalue weighted by Crippen LogP contribution is 2.34. The number of ether oxygens (including phenoxy) is 1. The first-order valence-corrected chi connectivity index (χ1v) is 14.9. The Bertz CT molecular complexity index is 1320. The summed E-state index contributed by atoms with van der Waals surface area (Å²) < 4.78 is 31.3. The van der Waals surface area contributed by atoms with Crippen LogP contribution in [0.3, 0.4) is 0 Å². The lowest BCUT2D eigenvalue weighted by molar-refractivity contribution is 0.371. The summed E-state index contributed by atoms with van der Waals surface area (Å²) in [7, 11) is -1.84. The Hall–Kier alpha value is -3.40. The number of sulfone groups is 1. The molecule has 0 spiro atoms. The Morgan fingerprint density at radius 1 is 1.03 bits per heavy atom. The molecule has 3 aromatic rings. The lowest BCUT2D eigenvalue weighted by Crippen LogP contribution is -2.33. The van der Waals surface area contributed by atoms with Crippen molar-refractivity contribution in [1.82, 2.24) is 15.0 Å². The van der Waals surface area contributed by atoms with Gasteiger partial charge in [0.1, 0.15) is 12.1 Å². The first kappa shape index (κ1) is 27.6. The zero-order valence-corrected chi connectivity index (χ0v) is 23.5. The molecule has 1 fully saturated rings. The third kappa shape index (κ3) is 6.53. The fourth-order valence-corrected chi connectivity index (χ4v) is 5.88. The van der Waals surface area contributed by atoms with Gasteiger partial charge in [-0.25, -0.2) is 18.4 Å². The first-order chi connectivity index (χ1) is 18.3. The molecular formula is C28H38N6O3S. The van der Waals surface area contributed by atoms with Gasteiger partial charge < -0.3 is 20.3 Å². The molecule has 0 bridgehead atoms. The molecule has 1 aromatic heterocycles. The summed E-state index contributed by atoms with van der Waals surface area (Å²) in [5, 5.41) is 5.69. The van der Waals surface area contributed by atoms with Crippen molar-refractivity contribution in [1.29, 1.82) is 0 Å². The molecule has 0 radical (unpaired) electrons. The lowest BCUT2D eigenvalue weighted by atomic mass is 9.91. The van der Waals surface area contributed by atoms with E-state index in [-0.39, 0.29) is 10.8 Å². The van der Waals surface area contributed by atoms with Gasteiger partial charge in [0.15, 0.2) is 9.84 Å². The van der Waals surface area contributed by atoms with E-state index in [1.54, 1.807) is 45.2 Å². The van der Waals surface area contributed by atoms with Gasteiger partial charge >= 0.3 is 0 Å². The smallest absolute Gasteiger partial charge is 0.232 e. The molecular weight excluding hydrogens is 500 g/mol. The van der Waals surface area contributed by atoms with Crippen LogP contribution in [0.5, 0.6) is 5.75 Å². The van der Waals surface area contributed by atoms with Crippen molar-refractivity contribution in [2.24, 2.45) is 5.92 Å². The fraction of sp³-hybridized carbons (Fsp3) is 0.464. The van der Waals surface area contributed by atoms with Crippen molar-refractivity contribution < 1.29 is 13.2 Å². The number of anilines is 5. The van der Waals surface area contributed by atoms with E-state index in [0.717, 1.165) is 30.4 Å². The SMILES string of the molecule is CCCCC1CCN(c2ccc(Nc3ncnc(Nc4ccccc4S(=O)(=O)C(C)C)n3)c(OC)c2)CC1. The summed E-state index contributed by atoms with van der Waals surface area (Å²) in [5.41, 5.74) is 2.29. The number of rotatable bonds is 11. The number of unbranched alkanes of at least 4 members (excludes halogenated alkanes) is 1. The molecule has 0 unspecified atom stereocenters. The van der Waals surface area contributed by atoms with Gasteiger partial charge in [0.05, 0.1) is 28.6 Å². The Labute approximate surface area is 226 Å². The zero-order chi connectivity index (χ0) is 27.1. The average molecular weight is 539 g/mol. The van der Waals surface area contributed by atoms with Crippen molar-refractivity contribution in [3.63, 3.8) is 0 Å². The highest BCUT2D eigenvalue weighted by Gasteiger charge is 2.23. The van der Waals surface area contributed by atoms with Crippen LogP contribution in [0.4, 0.5) is 29.0 Å². The Kier molecular flexibility index (Phi) is 9.04. The van der Waals surface area contributed by atoms with Gasteiger partial charge in [-0.3, -0.25) is 0 Å². The van der Waals surface area contributed by atoms with E-state index in [1.807, 2.05) is 12.1 Å². The lowest BCUT2D eigenvalue weighted by Gasteiger charge is -2.34. The summed E-state index contributed by atoms with van der Waals surface area (Å²) in [6.45, 7) is 7.68. The maximum Gasteiger partial charge on any atom is 0.232 e. The second-order valence-corrected chi connectivity index (χ2v) is 12.4. The summed E-state index contributed by atoms with van der Waals surface area (Å²) in [4.78, 5) is 15.5. The van der Waals surface area contributed by atoms with Gasteiger partial charge in [0.25, 0.3) is 0 Å². The van der Waals surface area contributed by atoms with Crippen LogP contribution >= 0.6 is 0 Å². The summed E-state index contributed by atoms with van der Waals surface area (Å²) >= 11 is 0. The predicted octanol–water partition coefficient (Wildman–Crippen LogP) is 5.96. The number of piperidine rings is 1. The molecule has 1 saturated heterocycles. The summed E-state index contributed by atoms with van der Waals surface area (Å²) in [5.74, 6) is 2.07. The van der Waals surface area contributed by atoms with Crippen LogP contribution in [0, 0.1) is 5.92 Å². The molecule has 0 aliphatic carbocycles. The number of methoxy groups -OCH3 is 1. The number of nitrogens with zero attached hydrogens (tertiary/aromatic N) is 4. The van der Waals surface area contributed by atoms with Gasteiger partial charge in [0.2, 0.25) is 11.9 Å². The van der Waals surface area contributed by atoms with Crippen molar-refractivity contribution in [3.05, 3.63) is 48.8 Å². The number of hydrogen-bond acceptors (Lipinski definition) is 9. The molecule has 1 aliphatic heterocycles. The number of hydrogen-bond donors (Lipinski definition) is 2. The van der Waals surface area contributed by atoms with Crippen molar-refractivity contribution in [2.75, 3.05) is 35.7 Å². The van der Waals surface area contributed by atoms with Gasteiger partial charge in [-0.1, -0.05) is 38.3 Å². The van der Waals surface area contributed by atoms with E-state index in [0.29, 0.717) is 17.4 Å². The molecule has 10 heteroatoms. The van der Waals surface area contributed by atoms with Gasteiger partial charge in [-0.05, 0) is 56.9 Å². The van der Waals surface area contributed by atoms with Crippen LogP contribution in [0.2, 0.25) is 0 Å². The molecule has 0 amide bonds. The quantitative estimate of drug-likeness (QED) is 0.306. The van der Waals surface area contributed by atoms with E-state index in [9.17, 15) is 8.42 Å². The van der Waals surface area contributed by atoms with Crippen LogP contribution in [0.1, 0.15) is 52.9 Å². The molecule has 9 nitrogen and oxygen atoms in total. The zero-order valence-electron chi connectivity index (χ0n) is 22.6. The second kappa shape index (κ2) is 12.4. The first-order valence-electron chi connectivity index (χ1n) is 13.3. The third-order valence-corrected chi connectivity index (χ3v) is 9.22. The number of para-hydroxylation sites is 1. The van der Waals surface area contributed by atoms with Gasteiger partial charge in [-0.2, -0.15) is 4.98 Å². The van der Waals surface area contributed by atoms with Crippen LogP contribution in [-0.2, 0) is 9.84 Å². The molecule has 0 atom stereocenters. The van der Waals surface area contributed by atoms with Crippen LogP contribution < -0.4 is 20.3 Å². The molecule has 2 aromatic carbocycles. The summed E-state index contributed by atoms with van der Waals surface area (Å²) in [6, 6.07) is 12.8. The fourth-order valence-electron chi connectivity index (χ4n) is 4.68. The number of benzene rings is 2. The van der Waals surface area contributed by atoms with Crippen LogP contribution in [0.15, 0.2) is 53.7 Å². The molecule has 38 heavy (non-hydrogen) atoms.